The summed E-state index contributed by atoms with van der Waals surface area (Å²) in [4.78, 5) is 0. The minimum Gasteiger partial charge on any atom is -0.508 e. The number of hydrogen-bond acceptors (Lipinski definition) is 6. The molecule has 19 rings (SSSR count). The third kappa shape index (κ3) is 7.12. The molecule has 16 aromatic rings. The Balaban J connectivity index is 1.11. The van der Waals surface area contributed by atoms with Gasteiger partial charge in [0.2, 0.25) is 0 Å². The monoisotopic (exact) mass is 1190 g/mol. The lowest BCUT2D eigenvalue weighted by Crippen LogP contribution is -2.33. The van der Waals surface area contributed by atoms with Gasteiger partial charge in [0.25, 0.3) is 0 Å². The van der Waals surface area contributed by atoms with E-state index < -0.39 is 16.2 Å². The van der Waals surface area contributed by atoms with E-state index in [1.54, 1.807) is 36.4 Å². The normalized spacial score (nSPS) is 14.3. The summed E-state index contributed by atoms with van der Waals surface area (Å²) in [5.41, 5.74) is 15.9. The number of rotatable bonds is 6. The second-order valence-corrected chi connectivity index (χ2v) is 25.6. The highest BCUT2D eigenvalue weighted by Gasteiger charge is 2.61. The molecule has 6 N–H and O–H groups in total. The van der Waals surface area contributed by atoms with Gasteiger partial charge in [-0.2, -0.15) is 0 Å². The molecule has 0 aliphatic heterocycles. The Morgan fingerprint density at radius 1 is 0.172 bits per heavy atom. The van der Waals surface area contributed by atoms with Crippen LogP contribution < -0.4 is 0 Å². The van der Waals surface area contributed by atoms with E-state index in [2.05, 4.69) is 182 Å². The predicted molar refractivity (Wildman–Crippen MR) is 373 cm³/mol. The van der Waals surface area contributed by atoms with Crippen molar-refractivity contribution in [3.8, 4) is 67.9 Å². The molecule has 0 amide bonds. The Hall–Kier alpha value is -12.1. The van der Waals surface area contributed by atoms with Gasteiger partial charge in [-0.15, -0.1) is 0 Å². The van der Waals surface area contributed by atoms with Crippen LogP contribution in [0, 0.1) is 0 Å². The van der Waals surface area contributed by atoms with Crippen molar-refractivity contribution in [1.29, 1.82) is 0 Å². The van der Waals surface area contributed by atoms with E-state index in [1.165, 1.54) is 0 Å². The molecule has 0 saturated carbocycles. The fourth-order valence-electron chi connectivity index (χ4n) is 17.3. The molecule has 438 valence electrons. The standard InChI is InChI=1S/C87H54O6/c88-67-31-19-49-37-61(25-13-55(49)43-67)85(62-26-14-56-44-68(89)32-20-50(56)38-62)76-10-4-1-7-73(76)79-82(85)80-75-9-3-6-12-78(75)87(65-29-17-59-47-71(92)35-23-53(59)41-65,66-30-18-60-48-72(93)36-24-54(60)42-66)84(80)81-74-8-2-5-11-77(74)86(83(79)81,63-27-15-57-45-69(90)33-21-51(57)39-63)64-28-16-58-46-70(91)34-22-52(58)40-64/h1-48,88-93H. The molecule has 0 fully saturated rings. The molecule has 0 aromatic heterocycles. The van der Waals surface area contributed by atoms with E-state index in [9.17, 15) is 30.6 Å². The maximum Gasteiger partial charge on any atom is 0.116 e. The van der Waals surface area contributed by atoms with Gasteiger partial charge in [0.1, 0.15) is 34.5 Å². The van der Waals surface area contributed by atoms with Gasteiger partial charge < -0.3 is 30.6 Å². The summed E-state index contributed by atoms with van der Waals surface area (Å²) in [6, 6.07) is 101. The molecule has 3 aliphatic rings. The second kappa shape index (κ2) is 19.0. The third-order valence-electron chi connectivity index (χ3n) is 21.0. The summed E-state index contributed by atoms with van der Waals surface area (Å²) in [6.07, 6.45) is 0. The Morgan fingerprint density at radius 3 is 0.548 bits per heavy atom. The van der Waals surface area contributed by atoms with Gasteiger partial charge in [-0.05, 0) is 274 Å². The van der Waals surface area contributed by atoms with E-state index in [0.717, 1.165) is 165 Å². The fourth-order valence-corrected chi connectivity index (χ4v) is 17.3. The van der Waals surface area contributed by atoms with Crippen LogP contribution in [-0.4, -0.2) is 30.6 Å². The molecule has 0 heterocycles. The Kier molecular flexibility index (Phi) is 10.8. The molecule has 6 heteroatoms. The molecule has 3 aliphatic carbocycles. The third-order valence-corrected chi connectivity index (χ3v) is 21.0. The molecule has 93 heavy (non-hydrogen) atoms. The molecule has 0 unspecified atom stereocenters. The molecule has 0 spiro atoms. The average Bonchev–Trinajstić information content (AvgIpc) is 1.47. The van der Waals surface area contributed by atoms with Gasteiger partial charge in [-0.1, -0.05) is 182 Å². The maximum absolute atomic E-state index is 11.1. The van der Waals surface area contributed by atoms with Gasteiger partial charge in [0.05, 0.1) is 16.2 Å². The first-order valence-corrected chi connectivity index (χ1v) is 31.4. The highest BCUT2D eigenvalue weighted by atomic mass is 16.3. The van der Waals surface area contributed by atoms with Crippen LogP contribution >= 0.6 is 0 Å². The van der Waals surface area contributed by atoms with E-state index in [4.69, 9.17) is 0 Å². The first kappa shape index (κ1) is 52.8. The SMILES string of the molecule is Oc1ccc2cc(C3(c4ccc5cc(O)ccc5c4)c4ccccc4-c4c3c3c(c5c4C(c4ccc6cc(O)ccc6c4)(c4ccc6cc(O)ccc6c4)c4ccccc4-5)C(c4ccc5cc(O)ccc5c4)(c4ccc5cc(O)ccc5c4)c4ccccc4-3)ccc2c1. The zero-order valence-corrected chi connectivity index (χ0v) is 49.9. The first-order valence-electron chi connectivity index (χ1n) is 31.4. The Bertz CT molecular complexity index is 5140. The minimum absolute atomic E-state index is 0.184. The maximum atomic E-state index is 11.1. The van der Waals surface area contributed by atoms with Gasteiger partial charge in [-0.25, -0.2) is 0 Å². The molecule has 16 aromatic carbocycles. The van der Waals surface area contributed by atoms with Crippen molar-refractivity contribution >= 4 is 64.6 Å². The topological polar surface area (TPSA) is 121 Å². The number of fused-ring (bicyclic) bond motifs is 18. The minimum atomic E-state index is -1.11. The van der Waals surface area contributed by atoms with Crippen LogP contribution in [0.1, 0.15) is 66.8 Å². The second-order valence-electron chi connectivity index (χ2n) is 25.6. The van der Waals surface area contributed by atoms with Gasteiger partial charge in [0, 0.05) is 0 Å². The zero-order valence-electron chi connectivity index (χ0n) is 49.9. The summed E-state index contributed by atoms with van der Waals surface area (Å²) in [7, 11) is 0. The van der Waals surface area contributed by atoms with Crippen LogP contribution in [0.25, 0.3) is 98.0 Å². The van der Waals surface area contributed by atoms with Crippen molar-refractivity contribution in [2.24, 2.45) is 0 Å². The van der Waals surface area contributed by atoms with E-state index in [0.29, 0.717) is 0 Å². The van der Waals surface area contributed by atoms with Gasteiger partial charge in [0.15, 0.2) is 0 Å². The predicted octanol–water partition coefficient (Wildman–Crippen LogP) is 19.9. The van der Waals surface area contributed by atoms with E-state index >= 15 is 0 Å². The van der Waals surface area contributed by atoms with E-state index in [-0.39, 0.29) is 34.5 Å². The fraction of sp³-hybridized carbons (Fsp3) is 0.0345. The van der Waals surface area contributed by atoms with Crippen molar-refractivity contribution in [3.05, 3.63) is 358 Å². The van der Waals surface area contributed by atoms with Crippen molar-refractivity contribution in [1.82, 2.24) is 0 Å². The first-order chi connectivity index (χ1) is 45.5. The van der Waals surface area contributed by atoms with Gasteiger partial charge >= 0.3 is 0 Å². The zero-order chi connectivity index (χ0) is 62.2. The Labute approximate surface area is 534 Å². The van der Waals surface area contributed by atoms with E-state index in [1.807, 2.05) is 72.8 Å². The molecular formula is C87H54O6. The lowest BCUT2D eigenvalue weighted by atomic mass is 9.60. The lowest BCUT2D eigenvalue weighted by molar-refractivity contribution is 0.475. The van der Waals surface area contributed by atoms with Crippen molar-refractivity contribution < 1.29 is 30.6 Å². The van der Waals surface area contributed by atoms with Gasteiger partial charge in [-0.3, -0.25) is 0 Å². The largest absolute Gasteiger partial charge is 0.508 e. The number of phenols is 6. The van der Waals surface area contributed by atoms with Crippen molar-refractivity contribution in [2.45, 2.75) is 16.2 Å². The van der Waals surface area contributed by atoms with Crippen LogP contribution in [-0.2, 0) is 16.2 Å². The number of phenolic OH excluding ortho intramolecular Hbond substituents is 6. The summed E-state index contributed by atoms with van der Waals surface area (Å²) in [5, 5.41) is 77.6. The van der Waals surface area contributed by atoms with Crippen LogP contribution in [0.2, 0.25) is 0 Å². The summed E-state index contributed by atoms with van der Waals surface area (Å²) in [6.45, 7) is 0. The molecule has 0 radical (unpaired) electrons. The number of benzene rings is 16. The van der Waals surface area contributed by atoms with Crippen molar-refractivity contribution in [2.75, 3.05) is 0 Å². The smallest absolute Gasteiger partial charge is 0.116 e. The van der Waals surface area contributed by atoms with Crippen LogP contribution in [0.5, 0.6) is 34.5 Å². The Morgan fingerprint density at radius 2 is 0.344 bits per heavy atom. The molecule has 0 saturated heterocycles. The molecule has 0 bridgehead atoms. The molecule has 6 nitrogen and oxygen atoms in total. The summed E-state index contributed by atoms with van der Waals surface area (Å²) >= 11 is 0. The summed E-state index contributed by atoms with van der Waals surface area (Å²) in [5.74, 6) is 1.10. The average molecular weight is 1200 g/mol. The number of aromatic hydroxyl groups is 6. The highest BCUT2D eigenvalue weighted by molar-refractivity contribution is 6.11. The van der Waals surface area contributed by atoms with Crippen LogP contribution in [0.3, 0.4) is 0 Å². The lowest BCUT2D eigenvalue weighted by Gasteiger charge is -2.40. The quantitative estimate of drug-likeness (QED) is 0.0987. The van der Waals surface area contributed by atoms with Crippen LogP contribution in [0.4, 0.5) is 0 Å². The molecular weight excluding hydrogens is 1140 g/mol. The van der Waals surface area contributed by atoms with Crippen LogP contribution in [0.15, 0.2) is 291 Å². The van der Waals surface area contributed by atoms with Crippen molar-refractivity contribution in [3.63, 3.8) is 0 Å². The molecule has 0 atom stereocenters. The summed E-state index contributed by atoms with van der Waals surface area (Å²) < 4.78 is 0. The highest BCUT2D eigenvalue weighted by Crippen LogP contribution is 2.73. The number of hydrogen-bond donors (Lipinski definition) is 6.